The largest absolute Gasteiger partial charge is 2.00 e. The van der Waals surface area contributed by atoms with Crippen LogP contribution in [0.3, 0.4) is 0 Å². The van der Waals surface area contributed by atoms with E-state index in [2.05, 4.69) is 24.0 Å². The predicted molar refractivity (Wildman–Crippen MR) is 200 cm³/mol. The zero-order valence-electron chi connectivity index (χ0n) is 28.1. The van der Waals surface area contributed by atoms with E-state index < -0.39 is 5.97 Å². The third-order valence-electron chi connectivity index (χ3n) is 9.34. The Bertz CT molecular complexity index is 3070. The van der Waals surface area contributed by atoms with Crippen LogP contribution < -0.4 is 9.97 Å². The minimum atomic E-state index is -0.822. The van der Waals surface area contributed by atoms with Crippen molar-refractivity contribution in [1.82, 2.24) is 39.9 Å². The maximum Gasteiger partial charge on any atom is 2.00 e. The van der Waals surface area contributed by atoms with E-state index in [1.807, 2.05) is 91.0 Å². The van der Waals surface area contributed by atoms with E-state index in [-0.39, 0.29) is 25.9 Å². The summed E-state index contributed by atoms with van der Waals surface area (Å²) < 4.78 is 0. The van der Waals surface area contributed by atoms with Gasteiger partial charge in [-0.3, -0.25) is 4.79 Å². The maximum atomic E-state index is 11.0. The molecule has 0 radical (unpaired) electrons. The standard InChI is InChI=1S/C42H25N8O2.Zn/c51-34(52)20-3-1-2-11-23-12-10-13-24-21-32-33(22-31(23)24)42-49-40-30-19-9-7-17-28(30)38(47-40)45-36-26-15-5-4-14-25(26)35(43-36)44-37-27-16-6-8-18-29(27)39(46-37)48-41(32)50-42;/h4-10,12-19,21-22H,1,3,20H2,(H2-,43,44,45,46,47,48,49,50,51,52);/q-1;+2/p-1. The van der Waals surface area contributed by atoms with Crippen molar-refractivity contribution in [3.8, 4) is 57.4 Å². The van der Waals surface area contributed by atoms with Gasteiger partial charge in [0.25, 0.3) is 0 Å². The van der Waals surface area contributed by atoms with Gasteiger partial charge >= 0.3 is 25.4 Å². The summed E-state index contributed by atoms with van der Waals surface area (Å²) in [6, 6.07) is 33.8. The molecule has 0 aliphatic carbocycles. The van der Waals surface area contributed by atoms with Crippen molar-refractivity contribution in [2.24, 2.45) is 0 Å². The molecule has 5 heterocycles. The predicted octanol–water partition coefficient (Wildman–Crippen LogP) is 7.88. The van der Waals surface area contributed by atoms with Crippen molar-refractivity contribution in [2.45, 2.75) is 19.3 Å². The van der Waals surface area contributed by atoms with Crippen LogP contribution in [0, 0.1) is 11.8 Å². The summed E-state index contributed by atoms with van der Waals surface area (Å²) in [6.45, 7) is 0. The summed E-state index contributed by atoms with van der Waals surface area (Å²) in [5, 5.41) is 14.2. The van der Waals surface area contributed by atoms with E-state index in [9.17, 15) is 4.79 Å². The first-order valence-electron chi connectivity index (χ1n) is 16.8. The molecule has 2 aliphatic heterocycles. The van der Waals surface area contributed by atoms with E-state index in [1.165, 1.54) is 0 Å². The van der Waals surface area contributed by atoms with Gasteiger partial charge in [0, 0.05) is 63.2 Å². The molecule has 0 amide bonds. The number of nitrogens with zero attached hydrogens (tertiary/aromatic N) is 8. The first-order chi connectivity index (χ1) is 25.6. The number of fused-ring (bicyclic) bond motifs is 21. The molecule has 1 N–H and O–H groups in total. The number of benzene rings is 5. The number of aliphatic carboxylic acids is 1. The molecule has 11 heteroatoms. The molecule has 5 aromatic carbocycles. The minimum Gasteiger partial charge on any atom is -0.481 e. The topological polar surface area (TPSA) is 143 Å². The average molecular weight is 738 g/mol. The number of hydrogen-bond donors (Lipinski definition) is 1. The molecule has 10 rings (SSSR count). The molecule has 8 bridgehead atoms. The number of unbranched alkanes of at least 4 members (excludes halogenated alkanes) is 1. The van der Waals surface area contributed by atoms with Crippen LogP contribution in [0.25, 0.3) is 100 Å². The Balaban J connectivity index is 0.00000372. The third-order valence-corrected chi connectivity index (χ3v) is 9.34. The van der Waals surface area contributed by atoms with Crippen LogP contribution in [0.1, 0.15) is 24.8 Å². The van der Waals surface area contributed by atoms with Gasteiger partial charge in [-0.2, -0.15) is 0 Å². The molecule has 10 nitrogen and oxygen atoms in total. The molecule has 8 aromatic rings. The maximum absolute atomic E-state index is 11.0. The summed E-state index contributed by atoms with van der Waals surface area (Å²) in [6.07, 6.45) is 1.07. The molecule has 0 spiro atoms. The van der Waals surface area contributed by atoms with Crippen LogP contribution >= 0.6 is 0 Å². The Morgan fingerprint density at radius 2 is 1.02 bits per heavy atom. The normalized spacial score (nSPS) is 11.5. The van der Waals surface area contributed by atoms with Gasteiger partial charge in [0.15, 0.2) is 0 Å². The molecule has 0 unspecified atom stereocenters. The Hall–Kier alpha value is -6.63. The second-order valence-electron chi connectivity index (χ2n) is 12.6. The Morgan fingerprint density at radius 1 is 0.547 bits per heavy atom. The van der Waals surface area contributed by atoms with Crippen molar-refractivity contribution in [3.05, 3.63) is 109 Å². The van der Waals surface area contributed by atoms with Gasteiger partial charge in [0.2, 0.25) is 0 Å². The first kappa shape index (κ1) is 32.3. The number of rotatable bonds is 3. The van der Waals surface area contributed by atoms with Gasteiger partial charge in [0.1, 0.15) is 0 Å². The third kappa shape index (κ3) is 5.52. The molecule has 0 fully saturated rings. The van der Waals surface area contributed by atoms with Gasteiger partial charge in [-0.15, -0.1) is 0 Å². The summed E-state index contributed by atoms with van der Waals surface area (Å²) in [7, 11) is 0. The zero-order valence-corrected chi connectivity index (χ0v) is 31.0. The fraction of sp³-hybridized carbons (Fsp3) is 0.0714. The molecule has 2 aliphatic rings. The molecule has 53 heavy (non-hydrogen) atoms. The van der Waals surface area contributed by atoms with E-state index in [0.717, 1.165) is 60.1 Å². The summed E-state index contributed by atoms with van der Waals surface area (Å²) in [5.74, 6) is 7.58. The Morgan fingerprint density at radius 3 is 1.53 bits per heavy atom. The fourth-order valence-corrected chi connectivity index (χ4v) is 6.88. The molecule has 0 saturated carbocycles. The van der Waals surface area contributed by atoms with E-state index >= 15 is 0 Å². The van der Waals surface area contributed by atoms with E-state index in [0.29, 0.717) is 58.7 Å². The van der Waals surface area contributed by atoms with Crippen molar-refractivity contribution in [2.75, 3.05) is 0 Å². The number of carbonyl (C=O) groups is 1. The summed E-state index contributed by atoms with van der Waals surface area (Å²) >= 11 is 0. The molecule has 3 aromatic heterocycles. The fourth-order valence-electron chi connectivity index (χ4n) is 6.88. The SMILES string of the molecule is O=C(O)CCCC#Cc1cccc2cc3c4nc5nc(nc6[n-]c(nc7nc(nc([n-]4)c3cc12)-c1ccccc1-7)c1ccccc61)-c1ccccc1-5.[Zn+2]. The van der Waals surface area contributed by atoms with Crippen molar-refractivity contribution in [3.63, 3.8) is 0 Å². The molecule has 246 valence electrons. The van der Waals surface area contributed by atoms with E-state index in [1.54, 1.807) is 0 Å². The molecular weight excluding hydrogens is 714 g/mol. The summed E-state index contributed by atoms with van der Waals surface area (Å²) in [4.78, 5) is 51.0. The smallest absolute Gasteiger partial charge is 0.481 e. The van der Waals surface area contributed by atoms with Crippen LogP contribution in [0.5, 0.6) is 0 Å². The van der Waals surface area contributed by atoms with E-state index in [4.69, 9.17) is 45.0 Å². The van der Waals surface area contributed by atoms with Gasteiger partial charge in [-0.1, -0.05) is 96.8 Å². The van der Waals surface area contributed by atoms with Crippen molar-refractivity contribution in [1.29, 1.82) is 0 Å². The van der Waals surface area contributed by atoms with Crippen LogP contribution in [0.15, 0.2) is 103 Å². The molecule has 0 saturated heterocycles. The van der Waals surface area contributed by atoms with Crippen LogP contribution in [0.4, 0.5) is 0 Å². The average Bonchev–Trinajstić information content (AvgIpc) is 3.89. The Kier molecular flexibility index (Phi) is 7.83. The quantitative estimate of drug-likeness (QED) is 0.108. The number of hydrogen-bond acceptors (Lipinski definition) is 7. The zero-order chi connectivity index (χ0) is 34.8. The van der Waals surface area contributed by atoms with Crippen LogP contribution in [0.2, 0.25) is 0 Å². The van der Waals surface area contributed by atoms with Crippen molar-refractivity contribution >= 4 is 60.9 Å². The monoisotopic (exact) mass is 736 g/mol. The number of carboxylic acid groups (broad SMARTS) is 1. The molecular formula is C42H24N8O2Zn. The minimum absolute atomic E-state index is 0. The van der Waals surface area contributed by atoms with Gasteiger partial charge in [-0.05, 0) is 56.9 Å². The van der Waals surface area contributed by atoms with Gasteiger partial charge < -0.3 is 35.0 Å². The molecule has 0 atom stereocenters. The second-order valence-corrected chi connectivity index (χ2v) is 12.6. The summed E-state index contributed by atoms with van der Waals surface area (Å²) in [5.41, 5.74) is 6.17. The Labute approximate surface area is 314 Å². The van der Waals surface area contributed by atoms with Crippen LogP contribution in [-0.4, -0.2) is 41.0 Å². The number of aromatic nitrogens is 8. The number of carboxylic acids is 1. The van der Waals surface area contributed by atoms with Crippen molar-refractivity contribution < 1.29 is 29.4 Å². The van der Waals surface area contributed by atoms with Crippen LogP contribution in [-0.2, 0) is 24.3 Å². The van der Waals surface area contributed by atoms with Gasteiger partial charge in [-0.25, -0.2) is 9.97 Å². The first-order valence-corrected chi connectivity index (χ1v) is 16.8. The van der Waals surface area contributed by atoms with Gasteiger partial charge in [0.05, 0.1) is 23.3 Å². The second kappa shape index (κ2) is 12.9.